The summed E-state index contributed by atoms with van der Waals surface area (Å²) in [7, 11) is 0. The van der Waals surface area contributed by atoms with E-state index in [1.165, 1.54) is 57.9 Å². The first-order chi connectivity index (χ1) is 7.34. The SMILES string of the molecule is N=C(C1CCCCC1)N1CC2CCC1C2. The minimum Gasteiger partial charge on any atom is -0.357 e. The molecule has 1 aliphatic heterocycles. The van der Waals surface area contributed by atoms with Gasteiger partial charge in [0.1, 0.15) is 0 Å². The number of hydrogen-bond acceptors (Lipinski definition) is 1. The molecule has 2 saturated carbocycles. The standard InChI is InChI=1S/C13H22N2/c14-13(11-4-2-1-3-5-11)15-9-10-6-7-12(15)8-10/h10-12,14H,1-9H2. The molecule has 0 aromatic carbocycles. The van der Waals surface area contributed by atoms with E-state index >= 15 is 0 Å². The second kappa shape index (κ2) is 3.80. The molecule has 0 aromatic rings. The van der Waals surface area contributed by atoms with E-state index < -0.39 is 0 Å². The van der Waals surface area contributed by atoms with Crippen LogP contribution in [0, 0.1) is 17.2 Å². The molecule has 15 heavy (non-hydrogen) atoms. The molecule has 3 aliphatic rings. The zero-order chi connectivity index (χ0) is 10.3. The van der Waals surface area contributed by atoms with Gasteiger partial charge in [0, 0.05) is 18.5 Å². The number of fused-ring (bicyclic) bond motifs is 2. The van der Waals surface area contributed by atoms with E-state index in [4.69, 9.17) is 5.41 Å². The van der Waals surface area contributed by atoms with Gasteiger partial charge in [0.25, 0.3) is 0 Å². The molecule has 3 fully saturated rings. The van der Waals surface area contributed by atoms with Crippen molar-refractivity contribution in [1.82, 2.24) is 4.90 Å². The minimum atomic E-state index is 0.609. The number of likely N-dealkylation sites (tertiary alicyclic amines) is 1. The van der Waals surface area contributed by atoms with E-state index in [-0.39, 0.29) is 0 Å². The molecule has 3 rings (SSSR count). The van der Waals surface area contributed by atoms with Crippen LogP contribution in [0.2, 0.25) is 0 Å². The van der Waals surface area contributed by atoms with Crippen LogP contribution in [-0.4, -0.2) is 23.3 Å². The van der Waals surface area contributed by atoms with Crippen LogP contribution < -0.4 is 0 Å². The highest BCUT2D eigenvalue weighted by atomic mass is 15.2. The summed E-state index contributed by atoms with van der Waals surface area (Å²) >= 11 is 0. The molecule has 1 N–H and O–H groups in total. The van der Waals surface area contributed by atoms with E-state index in [0.29, 0.717) is 5.92 Å². The highest BCUT2D eigenvalue weighted by Crippen LogP contribution is 2.39. The Morgan fingerprint density at radius 2 is 1.80 bits per heavy atom. The van der Waals surface area contributed by atoms with Gasteiger partial charge >= 0.3 is 0 Å². The molecule has 2 aliphatic carbocycles. The normalized spacial score (nSPS) is 36.1. The molecule has 1 saturated heterocycles. The van der Waals surface area contributed by atoms with Gasteiger partial charge < -0.3 is 4.90 Å². The lowest BCUT2D eigenvalue weighted by atomic mass is 9.87. The lowest BCUT2D eigenvalue weighted by Crippen LogP contribution is -2.41. The highest BCUT2D eigenvalue weighted by Gasteiger charge is 2.40. The molecule has 2 atom stereocenters. The maximum Gasteiger partial charge on any atom is 0.0992 e. The van der Waals surface area contributed by atoms with Crippen molar-refractivity contribution in [2.24, 2.45) is 11.8 Å². The third-order valence-corrected chi connectivity index (χ3v) is 4.71. The van der Waals surface area contributed by atoms with Crippen LogP contribution in [0.4, 0.5) is 0 Å². The Labute approximate surface area is 92.5 Å². The zero-order valence-electron chi connectivity index (χ0n) is 9.54. The van der Waals surface area contributed by atoms with Crippen LogP contribution in [0.3, 0.4) is 0 Å². The third kappa shape index (κ3) is 1.68. The molecule has 0 aromatic heterocycles. The van der Waals surface area contributed by atoms with Crippen LogP contribution in [0.5, 0.6) is 0 Å². The van der Waals surface area contributed by atoms with Gasteiger partial charge in [-0.15, -0.1) is 0 Å². The summed E-state index contributed by atoms with van der Waals surface area (Å²) < 4.78 is 0. The molecule has 2 heteroatoms. The fourth-order valence-electron chi connectivity index (χ4n) is 3.83. The Hall–Kier alpha value is -0.530. The summed E-state index contributed by atoms with van der Waals surface area (Å²) in [6.07, 6.45) is 10.9. The second-order valence-electron chi connectivity index (χ2n) is 5.71. The van der Waals surface area contributed by atoms with Gasteiger partial charge in [-0.25, -0.2) is 0 Å². The van der Waals surface area contributed by atoms with Crippen molar-refractivity contribution in [3.63, 3.8) is 0 Å². The van der Waals surface area contributed by atoms with E-state index in [1.807, 2.05) is 0 Å². The first-order valence-electron chi connectivity index (χ1n) is 6.69. The van der Waals surface area contributed by atoms with Crippen molar-refractivity contribution in [2.75, 3.05) is 6.54 Å². The summed E-state index contributed by atoms with van der Waals surface area (Å²) in [5, 5.41) is 8.36. The van der Waals surface area contributed by atoms with E-state index in [1.54, 1.807) is 0 Å². The average Bonchev–Trinajstić information content (AvgIpc) is 2.91. The maximum absolute atomic E-state index is 8.36. The molecule has 0 radical (unpaired) electrons. The van der Waals surface area contributed by atoms with Gasteiger partial charge in [-0.05, 0) is 38.0 Å². The summed E-state index contributed by atoms with van der Waals surface area (Å²) in [5.41, 5.74) is 0. The fourth-order valence-corrected chi connectivity index (χ4v) is 3.83. The molecular formula is C13H22N2. The van der Waals surface area contributed by atoms with Crippen LogP contribution in [0.15, 0.2) is 0 Å². The van der Waals surface area contributed by atoms with Crippen molar-refractivity contribution >= 4 is 5.84 Å². The van der Waals surface area contributed by atoms with Gasteiger partial charge in [0.05, 0.1) is 5.84 Å². The summed E-state index contributed by atoms with van der Waals surface area (Å²) in [4.78, 5) is 2.45. The smallest absolute Gasteiger partial charge is 0.0992 e. The minimum absolute atomic E-state index is 0.609. The number of hydrogen-bond donors (Lipinski definition) is 1. The molecular weight excluding hydrogens is 184 g/mol. The van der Waals surface area contributed by atoms with Gasteiger partial charge in [-0.2, -0.15) is 0 Å². The van der Waals surface area contributed by atoms with Crippen LogP contribution in [-0.2, 0) is 0 Å². The predicted molar refractivity (Wildman–Crippen MR) is 62.1 cm³/mol. The van der Waals surface area contributed by atoms with E-state index in [0.717, 1.165) is 17.8 Å². The molecule has 2 bridgehead atoms. The first kappa shape index (κ1) is 9.68. The molecule has 2 nitrogen and oxygen atoms in total. The van der Waals surface area contributed by atoms with Crippen molar-refractivity contribution < 1.29 is 0 Å². The Morgan fingerprint density at radius 3 is 2.40 bits per heavy atom. The van der Waals surface area contributed by atoms with Gasteiger partial charge in [-0.1, -0.05) is 19.3 Å². The van der Waals surface area contributed by atoms with Crippen LogP contribution >= 0.6 is 0 Å². The monoisotopic (exact) mass is 206 g/mol. The Morgan fingerprint density at radius 1 is 1.00 bits per heavy atom. The number of rotatable bonds is 1. The molecule has 1 heterocycles. The summed E-state index contributed by atoms with van der Waals surface area (Å²) in [6, 6.07) is 0.754. The number of piperidine rings is 1. The third-order valence-electron chi connectivity index (χ3n) is 4.71. The average molecular weight is 206 g/mol. The maximum atomic E-state index is 8.36. The largest absolute Gasteiger partial charge is 0.357 e. The Kier molecular flexibility index (Phi) is 2.45. The molecule has 2 unspecified atom stereocenters. The quantitative estimate of drug-likeness (QED) is 0.518. The highest BCUT2D eigenvalue weighted by molar-refractivity contribution is 5.82. The molecule has 0 spiro atoms. The topological polar surface area (TPSA) is 27.1 Å². The second-order valence-corrected chi connectivity index (χ2v) is 5.71. The molecule has 84 valence electrons. The van der Waals surface area contributed by atoms with Crippen LogP contribution in [0.1, 0.15) is 51.4 Å². The Balaban J connectivity index is 1.64. The zero-order valence-corrected chi connectivity index (χ0v) is 9.54. The predicted octanol–water partition coefficient (Wildman–Crippen LogP) is 3.03. The van der Waals surface area contributed by atoms with Crippen molar-refractivity contribution in [3.8, 4) is 0 Å². The molecule has 0 amide bonds. The van der Waals surface area contributed by atoms with Crippen LogP contribution in [0.25, 0.3) is 0 Å². The van der Waals surface area contributed by atoms with Crippen molar-refractivity contribution in [3.05, 3.63) is 0 Å². The van der Waals surface area contributed by atoms with E-state index in [2.05, 4.69) is 4.90 Å². The number of nitrogens with one attached hydrogen (secondary N) is 1. The lowest BCUT2D eigenvalue weighted by molar-refractivity contribution is 0.294. The van der Waals surface area contributed by atoms with Gasteiger partial charge in [-0.3, -0.25) is 5.41 Å². The summed E-state index contributed by atoms with van der Waals surface area (Å²) in [5.74, 6) is 2.54. The number of amidine groups is 1. The first-order valence-corrected chi connectivity index (χ1v) is 6.69. The number of nitrogens with zero attached hydrogens (tertiary/aromatic N) is 1. The van der Waals surface area contributed by atoms with Crippen molar-refractivity contribution in [1.29, 1.82) is 5.41 Å². The van der Waals surface area contributed by atoms with Gasteiger partial charge in [0.2, 0.25) is 0 Å². The van der Waals surface area contributed by atoms with E-state index in [9.17, 15) is 0 Å². The Bertz CT molecular complexity index is 255. The lowest BCUT2D eigenvalue weighted by Gasteiger charge is -2.34. The van der Waals surface area contributed by atoms with Gasteiger partial charge in [0.15, 0.2) is 0 Å². The summed E-state index contributed by atoms with van der Waals surface area (Å²) in [6.45, 7) is 1.21. The fraction of sp³-hybridized carbons (Fsp3) is 0.923. The van der Waals surface area contributed by atoms with Crippen molar-refractivity contribution in [2.45, 2.75) is 57.4 Å².